The van der Waals surface area contributed by atoms with Gasteiger partial charge >= 0.3 is 0 Å². The van der Waals surface area contributed by atoms with Gasteiger partial charge < -0.3 is 15.8 Å². The molecule has 0 radical (unpaired) electrons. The zero-order valence-electron chi connectivity index (χ0n) is 11.6. The van der Waals surface area contributed by atoms with Crippen LogP contribution in [0.5, 0.6) is 5.75 Å². The van der Waals surface area contributed by atoms with Crippen LogP contribution < -0.4 is 15.8 Å². The van der Waals surface area contributed by atoms with Crippen LogP contribution in [0.3, 0.4) is 0 Å². The molecule has 1 amide bonds. The Morgan fingerprint density at radius 3 is 2.68 bits per heavy atom. The summed E-state index contributed by atoms with van der Waals surface area (Å²) in [7, 11) is 0. The molecule has 0 bridgehead atoms. The largest absolute Gasteiger partial charge is 0.481 e. The third-order valence-corrected chi connectivity index (χ3v) is 2.69. The zero-order chi connectivity index (χ0) is 14.4. The van der Waals surface area contributed by atoms with Crippen molar-refractivity contribution in [2.24, 2.45) is 5.73 Å². The number of benzene rings is 1. The van der Waals surface area contributed by atoms with Gasteiger partial charge in [0.2, 0.25) is 0 Å². The van der Waals surface area contributed by atoms with Crippen LogP contribution in [0.1, 0.15) is 38.8 Å². The average molecular weight is 268 g/mol. The lowest BCUT2D eigenvalue weighted by Crippen LogP contribution is -2.36. The normalized spacial score (nSPS) is 13.7. The number of hydrogen-bond acceptors (Lipinski definition) is 3. The van der Waals surface area contributed by atoms with E-state index in [1.165, 1.54) is 6.07 Å². The van der Waals surface area contributed by atoms with Crippen molar-refractivity contribution >= 4 is 5.91 Å². The predicted octanol–water partition coefficient (Wildman–Crippen LogP) is 2.14. The van der Waals surface area contributed by atoms with Crippen LogP contribution in [0.2, 0.25) is 0 Å². The Balaban J connectivity index is 2.67. The lowest BCUT2D eigenvalue weighted by Gasteiger charge is -2.15. The molecule has 2 atom stereocenters. The minimum Gasteiger partial charge on any atom is -0.481 e. The van der Waals surface area contributed by atoms with E-state index in [0.29, 0.717) is 17.9 Å². The molecule has 1 aromatic rings. The molecule has 0 saturated heterocycles. The molecule has 3 N–H and O–H groups in total. The van der Waals surface area contributed by atoms with Gasteiger partial charge in [0.15, 0.2) is 6.10 Å². The molecule has 0 saturated carbocycles. The summed E-state index contributed by atoms with van der Waals surface area (Å²) in [5, 5.41) is 2.72. The Labute approximate surface area is 113 Å². The summed E-state index contributed by atoms with van der Waals surface area (Å²) in [4.78, 5) is 11.6. The molecule has 1 unspecified atom stereocenters. The van der Waals surface area contributed by atoms with Crippen LogP contribution >= 0.6 is 0 Å². The van der Waals surface area contributed by atoms with E-state index in [0.717, 1.165) is 6.42 Å². The van der Waals surface area contributed by atoms with E-state index in [2.05, 4.69) is 5.32 Å². The van der Waals surface area contributed by atoms with E-state index in [1.54, 1.807) is 26.0 Å². The molecular weight excluding hydrogens is 247 g/mol. The van der Waals surface area contributed by atoms with E-state index < -0.39 is 11.9 Å². The van der Waals surface area contributed by atoms with Gasteiger partial charge in [0, 0.05) is 24.2 Å². The molecule has 0 heterocycles. The predicted molar refractivity (Wildman–Crippen MR) is 72.4 cm³/mol. The fourth-order valence-electron chi connectivity index (χ4n) is 1.60. The van der Waals surface area contributed by atoms with E-state index in [9.17, 15) is 9.18 Å². The fraction of sp³-hybridized carbons (Fsp3) is 0.500. The molecule has 4 nitrogen and oxygen atoms in total. The van der Waals surface area contributed by atoms with Gasteiger partial charge in [-0.2, -0.15) is 0 Å². The van der Waals surface area contributed by atoms with Crippen LogP contribution in [-0.4, -0.2) is 18.6 Å². The van der Waals surface area contributed by atoms with Crippen molar-refractivity contribution in [2.45, 2.75) is 39.3 Å². The summed E-state index contributed by atoms with van der Waals surface area (Å²) in [5.41, 5.74) is 6.05. The molecule has 0 aliphatic carbocycles. The maximum Gasteiger partial charge on any atom is 0.260 e. The number of carbonyl (C=O) groups is 1. The summed E-state index contributed by atoms with van der Waals surface area (Å²) in [5.74, 6) is -0.312. The molecule has 106 valence electrons. The number of carbonyl (C=O) groups excluding carboxylic acids is 1. The third-order valence-electron chi connectivity index (χ3n) is 2.69. The van der Waals surface area contributed by atoms with E-state index >= 15 is 0 Å². The lowest BCUT2D eigenvalue weighted by atomic mass is 10.1. The average Bonchev–Trinajstić information content (AvgIpc) is 2.35. The molecule has 0 aromatic heterocycles. The van der Waals surface area contributed by atoms with Gasteiger partial charge in [-0.1, -0.05) is 13.0 Å². The smallest absolute Gasteiger partial charge is 0.260 e. The summed E-state index contributed by atoms with van der Waals surface area (Å²) in [6.07, 6.45) is 0.197. The number of amides is 1. The first-order chi connectivity index (χ1) is 8.95. The second-order valence-electron chi connectivity index (χ2n) is 4.52. The van der Waals surface area contributed by atoms with Crippen LogP contribution in [0.25, 0.3) is 0 Å². The summed E-state index contributed by atoms with van der Waals surface area (Å²) >= 11 is 0. The first-order valence-corrected chi connectivity index (χ1v) is 6.45. The van der Waals surface area contributed by atoms with E-state index in [4.69, 9.17) is 10.5 Å². The van der Waals surface area contributed by atoms with Gasteiger partial charge in [0.1, 0.15) is 11.6 Å². The van der Waals surface area contributed by atoms with Crippen molar-refractivity contribution in [3.05, 3.63) is 29.6 Å². The number of hydrogen-bond donors (Lipinski definition) is 2. The third kappa shape index (κ3) is 4.52. The molecule has 1 aromatic carbocycles. The lowest BCUT2D eigenvalue weighted by molar-refractivity contribution is -0.127. The highest BCUT2D eigenvalue weighted by Gasteiger charge is 2.15. The van der Waals surface area contributed by atoms with Gasteiger partial charge in [0.25, 0.3) is 5.91 Å². The van der Waals surface area contributed by atoms with Crippen LogP contribution in [0.15, 0.2) is 18.2 Å². The van der Waals surface area contributed by atoms with Crippen LogP contribution in [-0.2, 0) is 4.79 Å². The molecule has 0 spiro atoms. The zero-order valence-corrected chi connectivity index (χ0v) is 11.6. The molecule has 5 heteroatoms. The first-order valence-electron chi connectivity index (χ1n) is 6.45. The minimum absolute atomic E-state index is 0.210. The first kappa shape index (κ1) is 15.4. The standard InChI is InChI=1S/C14H21FN2O2/c1-4-7-17-14(18)10(3)19-11-5-6-12(9(2)16)13(15)8-11/h5-6,8-10H,4,7,16H2,1-3H3,(H,17,18)/t9-,10?/m0/s1. The Bertz CT molecular complexity index is 435. The molecule has 0 aliphatic heterocycles. The van der Waals surface area contributed by atoms with Crippen molar-refractivity contribution in [1.82, 2.24) is 5.32 Å². The van der Waals surface area contributed by atoms with Gasteiger partial charge in [-0.3, -0.25) is 4.79 Å². The van der Waals surface area contributed by atoms with Crippen LogP contribution in [0, 0.1) is 5.82 Å². The van der Waals surface area contributed by atoms with Gasteiger partial charge in [-0.25, -0.2) is 4.39 Å². The maximum atomic E-state index is 13.7. The van der Waals surface area contributed by atoms with Crippen molar-refractivity contribution < 1.29 is 13.9 Å². The molecule has 0 fully saturated rings. The SMILES string of the molecule is CCCNC(=O)C(C)Oc1ccc([C@H](C)N)c(F)c1. The second kappa shape index (κ2) is 7.09. The molecule has 0 aliphatic rings. The summed E-state index contributed by atoms with van der Waals surface area (Å²) in [6.45, 7) is 5.90. The Morgan fingerprint density at radius 2 is 2.16 bits per heavy atom. The summed E-state index contributed by atoms with van der Waals surface area (Å²) < 4.78 is 19.1. The van der Waals surface area contributed by atoms with E-state index in [1.807, 2.05) is 6.92 Å². The van der Waals surface area contributed by atoms with Crippen molar-refractivity contribution in [3.8, 4) is 5.75 Å². The van der Waals surface area contributed by atoms with Gasteiger partial charge in [-0.15, -0.1) is 0 Å². The summed E-state index contributed by atoms with van der Waals surface area (Å²) in [6, 6.07) is 4.07. The minimum atomic E-state index is -0.660. The molecule has 1 rings (SSSR count). The fourth-order valence-corrected chi connectivity index (χ4v) is 1.60. The number of nitrogens with two attached hydrogens (primary N) is 1. The highest BCUT2D eigenvalue weighted by Crippen LogP contribution is 2.21. The monoisotopic (exact) mass is 268 g/mol. The number of halogens is 1. The maximum absolute atomic E-state index is 13.7. The highest BCUT2D eigenvalue weighted by atomic mass is 19.1. The van der Waals surface area contributed by atoms with Gasteiger partial charge in [0.05, 0.1) is 0 Å². The Morgan fingerprint density at radius 1 is 1.47 bits per heavy atom. The van der Waals surface area contributed by atoms with Crippen LogP contribution in [0.4, 0.5) is 4.39 Å². The van der Waals surface area contributed by atoms with E-state index in [-0.39, 0.29) is 11.9 Å². The van der Waals surface area contributed by atoms with Gasteiger partial charge in [-0.05, 0) is 26.3 Å². The molecular formula is C14H21FN2O2. The highest BCUT2D eigenvalue weighted by molar-refractivity contribution is 5.80. The Hall–Kier alpha value is -1.62. The van der Waals surface area contributed by atoms with Crippen molar-refractivity contribution in [3.63, 3.8) is 0 Å². The van der Waals surface area contributed by atoms with Crippen molar-refractivity contribution in [2.75, 3.05) is 6.54 Å². The molecule has 19 heavy (non-hydrogen) atoms. The van der Waals surface area contributed by atoms with Crippen molar-refractivity contribution in [1.29, 1.82) is 0 Å². The topological polar surface area (TPSA) is 64.3 Å². The second-order valence-corrected chi connectivity index (χ2v) is 4.52. The Kier molecular flexibility index (Phi) is 5.76. The number of nitrogens with one attached hydrogen (secondary N) is 1. The number of ether oxygens (including phenoxy) is 1. The number of rotatable bonds is 6. The quantitative estimate of drug-likeness (QED) is 0.830.